The van der Waals surface area contributed by atoms with Crippen molar-refractivity contribution < 1.29 is 4.79 Å². The van der Waals surface area contributed by atoms with Crippen LogP contribution < -0.4 is 5.32 Å². The van der Waals surface area contributed by atoms with Gasteiger partial charge in [0.15, 0.2) is 0 Å². The highest BCUT2D eigenvalue weighted by Crippen LogP contribution is 2.15. The van der Waals surface area contributed by atoms with Crippen molar-refractivity contribution in [2.24, 2.45) is 0 Å². The fourth-order valence-electron chi connectivity index (χ4n) is 1.76. The predicted octanol–water partition coefficient (Wildman–Crippen LogP) is 1.37. The molecule has 0 aromatic heterocycles. The fraction of sp³-hybridized carbons (Fsp3) is 0.900. The van der Waals surface area contributed by atoms with Gasteiger partial charge in [-0.3, -0.25) is 4.79 Å². The van der Waals surface area contributed by atoms with Crippen LogP contribution in [0.5, 0.6) is 0 Å². The highest BCUT2D eigenvalue weighted by molar-refractivity contribution is 7.99. The second kappa shape index (κ2) is 7.36. The number of amides is 1. The van der Waals surface area contributed by atoms with E-state index in [0.29, 0.717) is 6.04 Å². The first-order valence-corrected chi connectivity index (χ1v) is 6.45. The molecule has 1 atom stereocenters. The summed E-state index contributed by atoms with van der Waals surface area (Å²) in [7, 11) is 1.94. The van der Waals surface area contributed by atoms with Gasteiger partial charge in [0.05, 0.1) is 5.25 Å². The maximum absolute atomic E-state index is 11.9. The summed E-state index contributed by atoms with van der Waals surface area (Å²) in [5.41, 5.74) is 0. The monoisotopic (exact) mass is 252 g/mol. The van der Waals surface area contributed by atoms with Crippen LogP contribution in [0.15, 0.2) is 0 Å². The van der Waals surface area contributed by atoms with Crippen molar-refractivity contribution in [1.29, 1.82) is 0 Å². The van der Waals surface area contributed by atoms with Gasteiger partial charge in [-0.25, -0.2) is 0 Å². The second-order valence-corrected chi connectivity index (χ2v) is 4.99. The lowest BCUT2D eigenvalue weighted by molar-refractivity contribution is -0.131. The van der Waals surface area contributed by atoms with E-state index in [-0.39, 0.29) is 23.6 Å². The van der Waals surface area contributed by atoms with Gasteiger partial charge in [-0.05, 0) is 39.1 Å². The average Bonchev–Trinajstić information content (AvgIpc) is 2.27. The zero-order valence-electron chi connectivity index (χ0n) is 9.66. The van der Waals surface area contributed by atoms with Crippen LogP contribution in [-0.4, -0.2) is 48.5 Å². The number of carbonyl (C=O) groups excluding carboxylic acids is 1. The number of carbonyl (C=O) groups is 1. The Hall–Kier alpha value is 0.0700. The Morgan fingerprint density at radius 2 is 2.00 bits per heavy atom. The van der Waals surface area contributed by atoms with Gasteiger partial charge in [0.25, 0.3) is 0 Å². The molecule has 0 bridgehead atoms. The van der Waals surface area contributed by atoms with E-state index in [1.165, 1.54) is 0 Å². The Kier molecular flexibility index (Phi) is 7.40. The molecule has 0 aliphatic carbocycles. The average molecular weight is 253 g/mol. The van der Waals surface area contributed by atoms with E-state index in [1.807, 2.05) is 25.1 Å². The number of halogens is 1. The lowest BCUT2D eigenvalue weighted by atomic mass is 10.1. The molecule has 1 aliphatic rings. The van der Waals surface area contributed by atoms with Crippen LogP contribution >= 0.6 is 24.2 Å². The molecule has 1 rings (SSSR count). The Morgan fingerprint density at radius 3 is 2.47 bits per heavy atom. The highest BCUT2D eigenvalue weighted by atomic mass is 35.5. The number of hydrogen-bond acceptors (Lipinski definition) is 3. The minimum atomic E-state index is 0. The standard InChI is InChI=1S/C10H20N2OS.ClH/c1-8(14-3)10(13)12(2)9-4-6-11-7-5-9;/h8-9,11H,4-7H2,1-3H3;1H. The molecule has 1 fully saturated rings. The number of nitrogens with one attached hydrogen (secondary N) is 1. The highest BCUT2D eigenvalue weighted by Gasteiger charge is 2.24. The van der Waals surface area contributed by atoms with Crippen LogP contribution in [0.4, 0.5) is 0 Å². The van der Waals surface area contributed by atoms with Crippen molar-refractivity contribution in [2.75, 3.05) is 26.4 Å². The number of hydrogen-bond donors (Lipinski definition) is 1. The topological polar surface area (TPSA) is 32.3 Å². The third-order valence-electron chi connectivity index (χ3n) is 2.91. The molecule has 15 heavy (non-hydrogen) atoms. The lowest BCUT2D eigenvalue weighted by Crippen LogP contribution is -2.46. The largest absolute Gasteiger partial charge is 0.342 e. The molecule has 5 heteroatoms. The van der Waals surface area contributed by atoms with Crippen molar-refractivity contribution >= 4 is 30.1 Å². The Morgan fingerprint density at radius 1 is 1.47 bits per heavy atom. The molecule has 1 saturated heterocycles. The normalized spacial score (nSPS) is 19.1. The van der Waals surface area contributed by atoms with Gasteiger partial charge in [-0.1, -0.05) is 0 Å². The van der Waals surface area contributed by atoms with Crippen molar-refractivity contribution in [3.63, 3.8) is 0 Å². The van der Waals surface area contributed by atoms with E-state index in [4.69, 9.17) is 0 Å². The van der Waals surface area contributed by atoms with Crippen LogP contribution in [0.1, 0.15) is 19.8 Å². The first kappa shape index (κ1) is 15.1. The molecular formula is C10H21ClN2OS. The summed E-state index contributed by atoms with van der Waals surface area (Å²) >= 11 is 1.62. The predicted molar refractivity (Wildman–Crippen MR) is 68.9 cm³/mol. The van der Waals surface area contributed by atoms with E-state index in [0.717, 1.165) is 25.9 Å². The molecule has 1 heterocycles. The molecule has 0 aromatic carbocycles. The summed E-state index contributed by atoms with van der Waals surface area (Å²) in [4.78, 5) is 13.8. The van der Waals surface area contributed by atoms with Gasteiger partial charge < -0.3 is 10.2 Å². The maximum atomic E-state index is 11.9. The maximum Gasteiger partial charge on any atom is 0.235 e. The second-order valence-electron chi connectivity index (χ2n) is 3.81. The minimum Gasteiger partial charge on any atom is -0.342 e. The molecule has 90 valence electrons. The molecular weight excluding hydrogens is 232 g/mol. The van der Waals surface area contributed by atoms with Gasteiger partial charge in [-0.2, -0.15) is 11.8 Å². The van der Waals surface area contributed by atoms with Gasteiger partial charge >= 0.3 is 0 Å². The van der Waals surface area contributed by atoms with Crippen molar-refractivity contribution in [3.05, 3.63) is 0 Å². The molecule has 1 aliphatic heterocycles. The number of nitrogens with zero attached hydrogens (tertiary/aromatic N) is 1. The van der Waals surface area contributed by atoms with Crippen molar-refractivity contribution in [1.82, 2.24) is 10.2 Å². The summed E-state index contributed by atoms with van der Waals surface area (Å²) < 4.78 is 0. The smallest absolute Gasteiger partial charge is 0.235 e. The first-order valence-electron chi connectivity index (χ1n) is 5.17. The van der Waals surface area contributed by atoms with Crippen LogP contribution in [-0.2, 0) is 4.79 Å². The quantitative estimate of drug-likeness (QED) is 0.824. The summed E-state index contributed by atoms with van der Waals surface area (Å²) in [5, 5.41) is 3.40. The van der Waals surface area contributed by atoms with Crippen LogP contribution in [0.25, 0.3) is 0 Å². The summed E-state index contributed by atoms with van der Waals surface area (Å²) in [6.45, 7) is 4.05. The van der Waals surface area contributed by atoms with E-state index in [1.54, 1.807) is 11.8 Å². The molecule has 1 N–H and O–H groups in total. The van der Waals surface area contributed by atoms with Gasteiger partial charge in [0, 0.05) is 13.1 Å². The van der Waals surface area contributed by atoms with Crippen molar-refractivity contribution in [2.45, 2.75) is 31.1 Å². The summed E-state index contributed by atoms with van der Waals surface area (Å²) in [5.74, 6) is 0.268. The Bertz CT molecular complexity index is 198. The SMILES string of the molecule is CSC(C)C(=O)N(C)C1CCNCC1.Cl. The Balaban J connectivity index is 0.00000196. The van der Waals surface area contributed by atoms with Gasteiger partial charge in [0.1, 0.15) is 0 Å². The van der Waals surface area contributed by atoms with E-state index < -0.39 is 0 Å². The summed E-state index contributed by atoms with van der Waals surface area (Å²) in [6.07, 6.45) is 4.16. The Labute approximate surface area is 103 Å². The molecule has 0 radical (unpaired) electrons. The zero-order valence-corrected chi connectivity index (χ0v) is 11.3. The summed E-state index contributed by atoms with van der Waals surface area (Å²) in [6, 6.07) is 0.443. The lowest BCUT2D eigenvalue weighted by Gasteiger charge is -2.33. The number of piperidine rings is 1. The first-order chi connectivity index (χ1) is 6.66. The molecule has 0 spiro atoms. The van der Waals surface area contributed by atoms with Gasteiger partial charge in [0.2, 0.25) is 5.91 Å². The molecule has 1 unspecified atom stereocenters. The number of rotatable bonds is 3. The molecule has 0 saturated carbocycles. The van der Waals surface area contributed by atoms with Crippen molar-refractivity contribution in [3.8, 4) is 0 Å². The molecule has 3 nitrogen and oxygen atoms in total. The van der Waals surface area contributed by atoms with E-state index >= 15 is 0 Å². The van der Waals surface area contributed by atoms with Crippen LogP contribution in [0.3, 0.4) is 0 Å². The number of thioether (sulfide) groups is 1. The zero-order chi connectivity index (χ0) is 10.6. The molecule has 0 aromatic rings. The van der Waals surface area contributed by atoms with E-state index in [9.17, 15) is 4.79 Å². The third-order valence-corrected chi connectivity index (χ3v) is 3.81. The minimum absolute atomic E-state index is 0. The van der Waals surface area contributed by atoms with Crippen LogP contribution in [0, 0.1) is 0 Å². The van der Waals surface area contributed by atoms with Crippen LogP contribution in [0.2, 0.25) is 0 Å². The third kappa shape index (κ3) is 4.21. The van der Waals surface area contributed by atoms with Gasteiger partial charge in [-0.15, -0.1) is 12.4 Å². The molecule has 1 amide bonds. The fourth-order valence-corrected chi connectivity index (χ4v) is 2.13. The van der Waals surface area contributed by atoms with E-state index in [2.05, 4.69) is 5.32 Å².